The number of rotatable bonds is 1. The number of para-hydroxylation sites is 2. The lowest BCUT2D eigenvalue weighted by Gasteiger charge is -1.93. The normalized spacial score (nSPS) is 11.2. The summed E-state index contributed by atoms with van der Waals surface area (Å²) in [5.41, 5.74) is 2.52. The minimum Gasteiger partial charge on any atom is -0.225 e. The average Bonchev–Trinajstić information content (AvgIpc) is 2.84. The molecule has 0 bridgehead atoms. The van der Waals surface area contributed by atoms with Crippen molar-refractivity contribution in [1.29, 1.82) is 0 Å². The van der Waals surface area contributed by atoms with Gasteiger partial charge in [-0.05, 0) is 34.1 Å². The molecule has 0 atom stereocenters. The zero-order chi connectivity index (χ0) is 12.0. The van der Waals surface area contributed by atoms with Crippen LogP contribution in [-0.4, -0.2) is 4.57 Å². The van der Waals surface area contributed by atoms with Crippen molar-refractivity contribution in [1.82, 2.24) is 4.57 Å². The fraction of sp³-hybridized carbons (Fsp3) is 0.154. The van der Waals surface area contributed by atoms with Crippen molar-refractivity contribution >= 4 is 38.3 Å². The van der Waals surface area contributed by atoms with Gasteiger partial charge >= 0.3 is 0 Å². The van der Waals surface area contributed by atoms with Crippen LogP contribution in [-0.2, 0) is 14.1 Å². The number of hydrogen-bond acceptors (Lipinski definition) is 1. The molecular weight excluding hydrogens is 296 g/mol. The van der Waals surface area contributed by atoms with E-state index in [-0.39, 0.29) is 0 Å². The molecular formula is C13H12BrN2S+. The second-order valence-corrected chi connectivity index (χ2v) is 5.89. The summed E-state index contributed by atoms with van der Waals surface area (Å²) in [6.45, 7) is 0. The lowest BCUT2D eigenvalue weighted by Crippen LogP contribution is -2.29. The number of aryl methyl sites for hydroxylation is 2. The molecule has 0 unspecified atom stereocenters. The molecule has 86 valence electrons. The molecule has 2 nitrogen and oxygen atoms in total. The summed E-state index contributed by atoms with van der Waals surface area (Å²) in [6.07, 6.45) is 0. The van der Waals surface area contributed by atoms with Crippen LogP contribution in [0.3, 0.4) is 0 Å². The molecule has 4 heteroatoms. The van der Waals surface area contributed by atoms with Crippen LogP contribution in [0.2, 0.25) is 0 Å². The van der Waals surface area contributed by atoms with Gasteiger partial charge in [-0.25, -0.2) is 9.13 Å². The maximum atomic E-state index is 3.51. The standard InChI is InChI=1S/C13H12BrN2S/c1-15-10-5-3-4-6-11(10)16(2)13(15)12-7-9(14)8-17-12/h3-8H,1-2H3/q+1. The summed E-state index contributed by atoms with van der Waals surface area (Å²) in [5.74, 6) is 1.24. The Morgan fingerprint density at radius 3 is 2.71 bits per heavy atom. The van der Waals surface area contributed by atoms with E-state index in [2.05, 4.69) is 74.9 Å². The van der Waals surface area contributed by atoms with Gasteiger partial charge in [0.25, 0.3) is 5.82 Å². The van der Waals surface area contributed by atoms with Gasteiger partial charge in [0.1, 0.15) is 4.88 Å². The van der Waals surface area contributed by atoms with Gasteiger partial charge in [0.2, 0.25) is 0 Å². The molecule has 0 amide bonds. The third-order valence-electron chi connectivity index (χ3n) is 3.03. The molecule has 0 aliphatic carbocycles. The van der Waals surface area contributed by atoms with Gasteiger partial charge in [-0.3, -0.25) is 0 Å². The van der Waals surface area contributed by atoms with Crippen LogP contribution < -0.4 is 4.57 Å². The first-order chi connectivity index (χ1) is 8.18. The smallest absolute Gasteiger partial charge is 0.225 e. The highest BCUT2D eigenvalue weighted by Crippen LogP contribution is 2.29. The third-order valence-corrected chi connectivity index (χ3v) is 4.71. The molecule has 3 rings (SSSR count). The van der Waals surface area contributed by atoms with Gasteiger partial charge in [0, 0.05) is 9.85 Å². The van der Waals surface area contributed by atoms with E-state index in [0.29, 0.717) is 0 Å². The Kier molecular flexibility index (Phi) is 2.56. The van der Waals surface area contributed by atoms with E-state index in [1.807, 2.05) is 0 Å². The Balaban J connectivity index is 2.37. The van der Waals surface area contributed by atoms with E-state index >= 15 is 0 Å². The van der Waals surface area contributed by atoms with E-state index < -0.39 is 0 Å². The average molecular weight is 308 g/mol. The van der Waals surface area contributed by atoms with E-state index in [0.717, 1.165) is 4.47 Å². The summed E-state index contributed by atoms with van der Waals surface area (Å²) in [7, 11) is 4.23. The summed E-state index contributed by atoms with van der Waals surface area (Å²) in [5, 5.41) is 2.12. The number of halogens is 1. The highest BCUT2D eigenvalue weighted by Gasteiger charge is 2.22. The molecule has 2 heterocycles. The number of nitrogens with zero attached hydrogens (tertiary/aromatic N) is 2. The zero-order valence-electron chi connectivity index (χ0n) is 9.64. The summed E-state index contributed by atoms with van der Waals surface area (Å²) < 4.78 is 5.63. The molecule has 0 saturated carbocycles. The predicted molar refractivity (Wildman–Crippen MR) is 75.1 cm³/mol. The van der Waals surface area contributed by atoms with E-state index in [1.165, 1.54) is 21.7 Å². The van der Waals surface area contributed by atoms with Crippen molar-refractivity contribution in [3.63, 3.8) is 0 Å². The van der Waals surface area contributed by atoms with Gasteiger partial charge in [-0.1, -0.05) is 12.1 Å². The van der Waals surface area contributed by atoms with Gasteiger partial charge in [0.05, 0.1) is 14.1 Å². The first-order valence-corrected chi connectivity index (χ1v) is 7.03. The van der Waals surface area contributed by atoms with Crippen LogP contribution in [0.1, 0.15) is 0 Å². The van der Waals surface area contributed by atoms with Crippen LogP contribution in [0.25, 0.3) is 21.7 Å². The zero-order valence-corrected chi connectivity index (χ0v) is 12.0. The monoisotopic (exact) mass is 307 g/mol. The van der Waals surface area contributed by atoms with E-state index in [1.54, 1.807) is 11.3 Å². The molecule has 17 heavy (non-hydrogen) atoms. The van der Waals surface area contributed by atoms with Gasteiger partial charge in [0.15, 0.2) is 11.0 Å². The fourth-order valence-corrected chi connectivity index (χ4v) is 3.79. The number of imidazole rings is 1. The SMILES string of the molecule is Cn1c(-c2cc(Br)cs2)[n+](C)c2ccccc21. The van der Waals surface area contributed by atoms with Crippen molar-refractivity contribution < 1.29 is 4.57 Å². The van der Waals surface area contributed by atoms with E-state index in [9.17, 15) is 0 Å². The van der Waals surface area contributed by atoms with Crippen molar-refractivity contribution in [3.8, 4) is 10.7 Å². The molecule has 2 aromatic heterocycles. The maximum absolute atomic E-state index is 3.51. The Morgan fingerprint density at radius 2 is 2.06 bits per heavy atom. The largest absolute Gasteiger partial charge is 0.299 e. The van der Waals surface area contributed by atoms with Gasteiger partial charge in [-0.2, -0.15) is 0 Å². The van der Waals surface area contributed by atoms with Crippen molar-refractivity contribution in [2.45, 2.75) is 0 Å². The van der Waals surface area contributed by atoms with E-state index in [4.69, 9.17) is 0 Å². The van der Waals surface area contributed by atoms with Crippen molar-refractivity contribution in [3.05, 3.63) is 40.2 Å². The molecule has 0 fully saturated rings. The number of thiophene rings is 1. The number of aromatic nitrogens is 2. The molecule has 0 radical (unpaired) electrons. The van der Waals surface area contributed by atoms with Gasteiger partial charge in [-0.15, -0.1) is 11.3 Å². The van der Waals surface area contributed by atoms with Crippen molar-refractivity contribution in [2.75, 3.05) is 0 Å². The predicted octanol–water partition coefficient (Wildman–Crippen LogP) is 3.49. The van der Waals surface area contributed by atoms with Crippen LogP contribution in [0, 0.1) is 0 Å². The van der Waals surface area contributed by atoms with Crippen molar-refractivity contribution in [2.24, 2.45) is 14.1 Å². The number of hydrogen-bond donors (Lipinski definition) is 0. The lowest BCUT2D eigenvalue weighted by molar-refractivity contribution is -0.633. The first kappa shape index (κ1) is 11.0. The summed E-state index contributed by atoms with van der Waals surface area (Å²) >= 11 is 5.27. The first-order valence-electron chi connectivity index (χ1n) is 5.36. The van der Waals surface area contributed by atoms with Crippen LogP contribution in [0.5, 0.6) is 0 Å². The summed E-state index contributed by atoms with van der Waals surface area (Å²) in [4.78, 5) is 1.28. The Morgan fingerprint density at radius 1 is 1.29 bits per heavy atom. The summed E-state index contributed by atoms with van der Waals surface area (Å²) in [6, 6.07) is 10.6. The molecule has 0 saturated heterocycles. The molecule has 0 aliphatic heterocycles. The molecule has 1 aromatic carbocycles. The molecule has 0 aliphatic rings. The highest BCUT2D eigenvalue weighted by molar-refractivity contribution is 9.10. The Hall–Kier alpha value is -1.13. The molecule has 0 spiro atoms. The number of benzene rings is 1. The van der Waals surface area contributed by atoms with Crippen LogP contribution in [0.4, 0.5) is 0 Å². The maximum Gasteiger partial charge on any atom is 0.299 e. The third kappa shape index (κ3) is 1.63. The van der Waals surface area contributed by atoms with Crippen LogP contribution in [0.15, 0.2) is 40.2 Å². The molecule has 0 N–H and O–H groups in total. The Bertz CT molecular complexity index is 658. The Labute approximate surface area is 112 Å². The lowest BCUT2D eigenvalue weighted by atomic mass is 10.3. The molecule has 3 aromatic rings. The number of fused-ring (bicyclic) bond motifs is 1. The minimum atomic E-state index is 1.14. The highest BCUT2D eigenvalue weighted by atomic mass is 79.9. The second kappa shape index (κ2) is 3.96. The quantitative estimate of drug-likeness (QED) is 0.609. The fourth-order valence-electron chi connectivity index (χ4n) is 2.25. The minimum absolute atomic E-state index is 1.14. The van der Waals surface area contributed by atoms with Crippen LogP contribution >= 0.6 is 27.3 Å². The van der Waals surface area contributed by atoms with Gasteiger partial charge < -0.3 is 0 Å². The topological polar surface area (TPSA) is 8.81 Å². The second-order valence-electron chi connectivity index (χ2n) is 4.06.